The third kappa shape index (κ3) is 3.64. The second-order valence-electron chi connectivity index (χ2n) is 4.53. The molecule has 7 heteroatoms. The number of esters is 1. The van der Waals surface area contributed by atoms with Crippen LogP contribution in [0.1, 0.15) is 23.3 Å². The smallest absolute Gasteiger partial charge is 0.358 e. The van der Waals surface area contributed by atoms with Gasteiger partial charge in [0.05, 0.1) is 38.8 Å². The monoisotopic (exact) mass is 281 g/mol. The number of methoxy groups -OCH3 is 1. The molecule has 0 amide bonds. The maximum absolute atomic E-state index is 11.4. The summed E-state index contributed by atoms with van der Waals surface area (Å²) in [6.45, 7) is 2.00. The molecule has 1 N–H and O–H groups in total. The molecule has 0 radical (unpaired) electrons. The largest absolute Gasteiger partial charge is 0.464 e. The zero-order valence-corrected chi connectivity index (χ0v) is 11.5. The number of aliphatic hydroxyl groups excluding tert-OH is 1. The molecule has 0 aromatic carbocycles. The second kappa shape index (κ2) is 7.16. The summed E-state index contributed by atoms with van der Waals surface area (Å²) in [7, 11) is 1.32. The maximum Gasteiger partial charge on any atom is 0.358 e. The number of rotatable bonds is 5. The molecule has 0 aliphatic carbocycles. The molecular formula is C13H19N3O4. The van der Waals surface area contributed by atoms with Crippen LogP contribution in [0.2, 0.25) is 0 Å². The van der Waals surface area contributed by atoms with Gasteiger partial charge in [0.2, 0.25) is 0 Å². The number of nitrogens with zero attached hydrogens (tertiary/aromatic N) is 3. The van der Waals surface area contributed by atoms with Gasteiger partial charge >= 0.3 is 5.97 Å². The van der Waals surface area contributed by atoms with Crippen LogP contribution < -0.4 is 4.90 Å². The Kier molecular flexibility index (Phi) is 5.25. The summed E-state index contributed by atoms with van der Waals surface area (Å²) in [6.07, 6.45) is 4.94. The zero-order chi connectivity index (χ0) is 14.4. The third-order valence-electron chi connectivity index (χ3n) is 3.23. The minimum Gasteiger partial charge on any atom is -0.464 e. The number of ether oxygens (including phenoxy) is 2. The van der Waals surface area contributed by atoms with Crippen LogP contribution >= 0.6 is 0 Å². The quantitative estimate of drug-likeness (QED) is 0.774. The van der Waals surface area contributed by atoms with Gasteiger partial charge < -0.3 is 19.5 Å². The highest BCUT2D eigenvalue weighted by Crippen LogP contribution is 2.19. The molecule has 20 heavy (non-hydrogen) atoms. The molecule has 1 fully saturated rings. The van der Waals surface area contributed by atoms with Gasteiger partial charge in [0.15, 0.2) is 5.69 Å². The van der Waals surface area contributed by atoms with Crippen molar-refractivity contribution in [3.63, 3.8) is 0 Å². The van der Waals surface area contributed by atoms with Crippen LogP contribution in [0.3, 0.4) is 0 Å². The predicted octanol–water partition coefficient (Wildman–Crippen LogP) is 0.241. The summed E-state index contributed by atoms with van der Waals surface area (Å²) < 4.78 is 10.1. The van der Waals surface area contributed by atoms with Crippen molar-refractivity contribution in [2.45, 2.75) is 18.9 Å². The van der Waals surface area contributed by atoms with Gasteiger partial charge in [0.25, 0.3) is 0 Å². The van der Waals surface area contributed by atoms with Crippen LogP contribution in [0, 0.1) is 0 Å². The standard InChI is InChI=1S/C13H19N3O4/c1-19-13(18)11-8-14-9-12(15-11)16-4-2-10(3-5-16)20-7-6-17/h8-10,17H,2-7H2,1H3. The number of aromatic nitrogens is 2. The lowest BCUT2D eigenvalue weighted by Crippen LogP contribution is -2.38. The number of hydrogen-bond acceptors (Lipinski definition) is 7. The number of carbonyl (C=O) groups is 1. The van der Waals surface area contributed by atoms with Crippen molar-refractivity contribution >= 4 is 11.8 Å². The maximum atomic E-state index is 11.4. The fourth-order valence-corrected chi connectivity index (χ4v) is 2.18. The average Bonchev–Trinajstić information content (AvgIpc) is 2.52. The second-order valence-corrected chi connectivity index (χ2v) is 4.53. The van der Waals surface area contributed by atoms with E-state index in [1.807, 2.05) is 0 Å². The molecule has 110 valence electrons. The van der Waals surface area contributed by atoms with Gasteiger partial charge in [-0.2, -0.15) is 0 Å². The highest BCUT2D eigenvalue weighted by molar-refractivity contribution is 5.87. The van der Waals surface area contributed by atoms with E-state index in [4.69, 9.17) is 9.84 Å². The molecule has 0 bridgehead atoms. The van der Waals surface area contributed by atoms with E-state index in [1.165, 1.54) is 13.3 Å². The van der Waals surface area contributed by atoms with Crippen molar-refractivity contribution in [2.24, 2.45) is 0 Å². The predicted molar refractivity (Wildman–Crippen MR) is 71.6 cm³/mol. The molecule has 2 rings (SSSR count). The Morgan fingerprint density at radius 1 is 1.45 bits per heavy atom. The van der Waals surface area contributed by atoms with E-state index in [9.17, 15) is 4.79 Å². The Labute approximate surface area is 117 Å². The van der Waals surface area contributed by atoms with Crippen LogP contribution in [0.4, 0.5) is 5.82 Å². The lowest BCUT2D eigenvalue weighted by atomic mass is 10.1. The topological polar surface area (TPSA) is 84.8 Å². The lowest BCUT2D eigenvalue weighted by molar-refractivity contribution is 0.0158. The Bertz CT molecular complexity index is 447. The first kappa shape index (κ1) is 14.7. The van der Waals surface area contributed by atoms with E-state index in [0.717, 1.165) is 25.9 Å². The van der Waals surface area contributed by atoms with Crippen LogP contribution in [-0.2, 0) is 9.47 Å². The third-order valence-corrected chi connectivity index (χ3v) is 3.23. The molecule has 7 nitrogen and oxygen atoms in total. The van der Waals surface area contributed by atoms with E-state index in [0.29, 0.717) is 12.4 Å². The van der Waals surface area contributed by atoms with Crippen molar-refractivity contribution in [3.05, 3.63) is 18.1 Å². The van der Waals surface area contributed by atoms with E-state index >= 15 is 0 Å². The molecule has 1 aliphatic rings. The van der Waals surface area contributed by atoms with E-state index < -0.39 is 5.97 Å². The summed E-state index contributed by atoms with van der Waals surface area (Å²) in [5.74, 6) is 0.189. The molecular weight excluding hydrogens is 262 g/mol. The van der Waals surface area contributed by atoms with E-state index in [-0.39, 0.29) is 18.4 Å². The first-order chi connectivity index (χ1) is 9.74. The molecule has 0 atom stereocenters. The minimum absolute atomic E-state index is 0.0485. The van der Waals surface area contributed by atoms with Gasteiger partial charge in [0, 0.05) is 13.1 Å². The van der Waals surface area contributed by atoms with Crippen molar-refractivity contribution in [1.82, 2.24) is 9.97 Å². The molecule has 1 aromatic heterocycles. The Hall–Kier alpha value is -1.73. The van der Waals surface area contributed by atoms with Crippen molar-refractivity contribution in [1.29, 1.82) is 0 Å². The molecule has 1 aliphatic heterocycles. The highest BCUT2D eigenvalue weighted by atomic mass is 16.5. The minimum atomic E-state index is -0.486. The number of carbonyl (C=O) groups excluding carboxylic acids is 1. The van der Waals surface area contributed by atoms with Crippen LogP contribution in [0.5, 0.6) is 0 Å². The van der Waals surface area contributed by atoms with Crippen molar-refractivity contribution < 1.29 is 19.4 Å². The Morgan fingerprint density at radius 2 is 2.20 bits per heavy atom. The van der Waals surface area contributed by atoms with Crippen molar-refractivity contribution in [2.75, 3.05) is 38.3 Å². The number of piperidine rings is 1. The lowest BCUT2D eigenvalue weighted by Gasteiger charge is -2.32. The Morgan fingerprint density at radius 3 is 2.85 bits per heavy atom. The fraction of sp³-hybridized carbons (Fsp3) is 0.615. The van der Waals surface area contributed by atoms with Crippen LogP contribution in [0.25, 0.3) is 0 Å². The molecule has 0 unspecified atom stereocenters. The number of anilines is 1. The number of aliphatic hydroxyl groups is 1. The molecule has 1 aromatic rings. The van der Waals surface area contributed by atoms with Gasteiger partial charge in [-0.3, -0.25) is 4.98 Å². The fourth-order valence-electron chi connectivity index (χ4n) is 2.18. The first-order valence-corrected chi connectivity index (χ1v) is 6.62. The van der Waals surface area contributed by atoms with Gasteiger partial charge in [-0.25, -0.2) is 9.78 Å². The summed E-state index contributed by atoms with van der Waals surface area (Å²) >= 11 is 0. The summed E-state index contributed by atoms with van der Waals surface area (Å²) in [6, 6.07) is 0. The van der Waals surface area contributed by atoms with Gasteiger partial charge in [-0.05, 0) is 12.8 Å². The average molecular weight is 281 g/mol. The van der Waals surface area contributed by atoms with Gasteiger partial charge in [-0.15, -0.1) is 0 Å². The number of hydrogen-bond donors (Lipinski definition) is 1. The molecule has 0 saturated carbocycles. The molecule has 2 heterocycles. The highest BCUT2D eigenvalue weighted by Gasteiger charge is 2.21. The SMILES string of the molecule is COC(=O)c1cncc(N2CCC(OCCO)CC2)n1. The normalized spacial score (nSPS) is 16.2. The van der Waals surface area contributed by atoms with E-state index in [1.54, 1.807) is 6.20 Å². The molecule has 0 spiro atoms. The first-order valence-electron chi connectivity index (χ1n) is 6.62. The van der Waals surface area contributed by atoms with Crippen molar-refractivity contribution in [3.8, 4) is 0 Å². The summed E-state index contributed by atoms with van der Waals surface area (Å²) in [4.78, 5) is 21.8. The molecule has 1 saturated heterocycles. The Balaban J connectivity index is 1.95. The summed E-state index contributed by atoms with van der Waals surface area (Å²) in [5.41, 5.74) is 0.212. The van der Waals surface area contributed by atoms with Gasteiger partial charge in [-0.1, -0.05) is 0 Å². The zero-order valence-electron chi connectivity index (χ0n) is 11.5. The van der Waals surface area contributed by atoms with Crippen LogP contribution in [0.15, 0.2) is 12.4 Å². The van der Waals surface area contributed by atoms with Crippen LogP contribution in [-0.4, -0.2) is 60.6 Å². The van der Waals surface area contributed by atoms with E-state index in [2.05, 4.69) is 19.6 Å². The van der Waals surface area contributed by atoms with Gasteiger partial charge in [0.1, 0.15) is 5.82 Å². The summed E-state index contributed by atoms with van der Waals surface area (Å²) in [5, 5.41) is 8.74.